The Bertz CT molecular complexity index is 1240. The molecule has 6 nitrogen and oxygen atoms in total. The molecule has 2 heterocycles. The highest BCUT2D eigenvalue weighted by Crippen LogP contribution is 2.29. The van der Waals surface area contributed by atoms with Gasteiger partial charge in [-0.1, -0.05) is 35.5 Å². The molecule has 0 bridgehead atoms. The van der Waals surface area contributed by atoms with Gasteiger partial charge in [0.15, 0.2) is 11.0 Å². The maximum atomic E-state index is 12.4. The number of carbonyl (C=O) groups is 1. The van der Waals surface area contributed by atoms with Crippen LogP contribution >= 0.6 is 23.4 Å². The Hall–Kier alpha value is -3.16. The second kappa shape index (κ2) is 9.97. The molecule has 0 unspecified atom stereocenters. The van der Waals surface area contributed by atoms with Gasteiger partial charge in [-0.05, 0) is 67.4 Å². The van der Waals surface area contributed by atoms with Crippen molar-refractivity contribution in [3.63, 3.8) is 0 Å². The number of hydrogen-bond donors (Lipinski definition) is 1. The van der Waals surface area contributed by atoms with Crippen molar-refractivity contribution in [1.82, 2.24) is 19.7 Å². The van der Waals surface area contributed by atoms with Crippen molar-refractivity contribution in [2.24, 2.45) is 0 Å². The first-order valence-corrected chi connectivity index (χ1v) is 11.5. The average molecular weight is 464 g/mol. The van der Waals surface area contributed by atoms with Gasteiger partial charge < -0.3 is 5.32 Å². The predicted octanol–water partition coefficient (Wildman–Crippen LogP) is 5.72. The van der Waals surface area contributed by atoms with Crippen LogP contribution in [0, 0.1) is 13.8 Å². The molecule has 2 aromatic heterocycles. The minimum atomic E-state index is -0.0774. The number of thioether (sulfide) groups is 1. The van der Waals surface area contributed by atoms with Crippen LogP contribution in [0.3, 0.4) is 0 Å². The van der Waals surface area contributed by atoms with Crippen molar-refractivity contribution in [1.29, 1.82) is 0 Å². The maximum absolute atomic E-state index is 12.4. The third-order valence-corrected chi connectivity index (χ3v) is 6.15. The monoisotopic (exact) mass is 463 g/mol. The minimum Gasteiger partial charge on any atom is -0.326 e. The van der Waals surface area contributed by atoms with Crippen LogP contribution in [0.1, 0.15) is 17.5 Å². The second-order valence-electron chi connectivity index (χ2n) is 7.30. The lowest BCUT2D eigenvalue weighted by atomic mass is 10.1. The van der Waals surface area contributed by atoms with E-state index in [1.54, 1.807) is 30.6 Å². The Balaban J connectivity index is 1.54. The highest BCUT2D eigenvalue weighted by Gasteiger charge is 2.17. The Morgan fingerprint density at radius 3 is 2.59 bits per heavy atom. The smallest absolute Gasteiger partial charge is 0.225 e. The zero-order valence-electron chi connectivity index (χ0n) is 17.7. The number of nitrogens with one attached hydrogen (secondary N) is 1. The molecule has 0 radical (unpaired) electrons. The number of amides is 1. The summed E-state index contributed by atoms with van der Waals surface area (Å²) in [6.07, 6.45) is 3.81. The predicted molar refractivity (Wildman–Crippen MR) is 129 cm³/mol. The number of rotatable bonds is 7. The van der Waals surface area contributed by atoms with E-state index in [-0.39, 0.29) is 5.91 Å². The van der Waals surface area contributed by atoms with Gasteiger partial charge in [-0.25, -0.2) is 0 Å². The van der Waals surface area contributed by atoms with E-state index in [1.807, 2.05) is 22.8 Å². The molecule has 4 aromatic rings. The molecule has 2 aromatic carbocycles. The fraction of sp³-hybridized carbons (Fsp3) is 0.167. The van der Waals surface area contributed by atoms with Crippen LogP contribution in [0.4, 0.5) is 5.69 Å². The lowest BCUT2D eigenvalue weighted by Crippen LogP contribution is -2.12. The summed E-state index contributed by atoms with van der Waals surface area (Å²) in [5.74, 6) is 1.22. The van der Waals surface area contributed by atoms with E-state index in [2.05, 4.69) is 52.5 Å². The molecule has 4 rings (SSSR count). The Morgan fingerprint density at radius 2 is 1.84 bits per heavy atom. The van der Waals surface area contributed by atoms with Gasteiger partial charge >= 0.3 is 0 Å². The van der Waals surface area contributed by atoms with Gasteiger partial charge in [0.25, 0.3) is 0 Å². The molecule has 0 saturated carbocycles. The van der Waals surface area contributed by atoms with E-state index in [9.17, 15) is 4.79 Å². The van der Waals surface area contributed by atoms with Crippen LogP contribution in [0.25, 0.3) is 17.1 Å². The van der Waals surface area contributed by atoms with Crippen molar-refractivity contribution < 1.29 is 4.79 Å². The van der Waals surface area contributed by atoms with Crippen molar-refractivity contribution in [3.8, 4) is 17.1 Å². The zero-order chi connectivity index (χ0) is 22.5. The number of anilines is 1. The van der Waals surface area contributed by atoms with Crippen molar-refractivity contribution >= 4 is 35.0 Å². The Morgan fingerprint density at radius 1 is 1.03 bits per heavy atom. The molecule has 32 heavy (non-hydrogen) atoms. The number of hydrogen-bond acceptors (Lipinski definition) is 5. The number of pyridine rings is 1. The molecule has 0 aliphatic carbocycles. The van der Waals surface area contributed by atoms with Crippen LogP contribution in [0.2, 0.25) is 5.02 Å². The Kier molecular flexibility index (Phi) is 6.87. The van der Waals surface area contributed by atoms with Crippen molar-refractivity contribution in [2.75, 3.05) is 11.1 Å². The third kappa shape index (κ3) is 5.18. The average Bonchev–Trinajstić information content (AvgIpc) is 3.20. The Labute approximate surface area is 196 Å². The van der Waals surface area contributed by atoms with Crippen molar-refractivity contribution in [2.45, 2.75) is 25.4 Å². The van der Waals surface area contributed by atoms with E-state index in [1.165, 1.54) is 22.9 Å². The molecule has 0 aliphatic rings. The molecule has 0 atom stereocenters. The van der Waals surface area contributed by atoms with Crippen LogP contribution < -0.4 is 5.32 Å². The van der Waals surface area contributed by atoms with Gasteiger partial charge in [-0.3, -0.25) is 14.3 Å². The summed E-state index contributed by atoms with van der Waals surface area (Å²) in [6, 6.07) is 17.2. The second-order valence-corrected chi connectivity index (χ2v) is 8.80. The molecule has 1 N–H and O–H groups in total. The summed E-state index contributed by atoms with van der Waals surface area (Å²) in [7, 11) is 0. The number of carbonyl (C=O) groups excluding carboxylic acids is 1. The van der Waals surface area contributed by atoms with Crippen LogP contribution in [-0.2, 0) is 4.79 Å². The fourth-order valence-corrected chi connectivity index (χ4v) is 4.25. The van der Waals surface area contributed by atoms with E-state index >= 15 is 0 Å². The van der Waals surface area contributed by atoms with E-state index < -0.39 is 0 Å². The number of aromatic nitrogens is 4. The highest BCUT2D eigenvalue weighted by molar-refractivity contribution is 7.99. The van der Waals surface area contributed by atoms with Gasteiger partial charge in [0, 0.05) is 40.8 Å². The fourth-order valence-electron chi connectivity index (χ4n) is 3.17. The zero-order valence-corrected chi connectivity index (χ0v) is 19.3. The summed E-state index contributed by atoms with van der Waals surface area (Å²) >= 11 is 7.48. The lowest BCUT2D eigenvalue weighted by Gasteiger charge is -2.12. The number of halogens is 1. The van der Waals surface area contributed by atoms with Gasteiger partial charge in [-0.2, -0.15) is 0 Å². The van der Waals surface area contributed by atoms with Gasteiger partial charge in [0.1, 0.15) is 0 Å². The minimum absolute atomic E-state index is 0.0774. The highest BCUT2D eigenvalue weighted by atomic mass is 35.5. The summed E-state index contributed by atoms with van der Waals surface area (Å²) in [5, 5.41) is 13.1. The molecular formula is C24H22ClN5OS. The number of benzene rings is 2. The quantitative estimate of drug-likeness (QED) is 0.355. The van der Waals surface area contributed by atoms with Crippen LogP contribution in [0.5, 0.6) is 0 Å². The molecule has 0 aliphatic heterocycles. The van der Waals surface area contributed by atoms with Gasteiger partial charge in [-0.15, -0.1) is 10.2 Å². The van der Waals surface area contributed by atoms with E-state index in [0.717, 1.165) is 22.2 Å². The lowest BCUT2D eigenvalue weighted by molar-refractivity contribution is -0.115. The topological polar surface area (TPSA) is 72.7 Å². The van der Waals surface area contributed by atoms with E-state index in [4.69, 9.17) is 11.6 Å². The summed E-state index contributed by atoms with van der Waals surface area (Å²) < 4.78 is 2.03. The number of aryl methyl sites for hydroxylation is 2. The van der Waals surface area contributed by atoms with Crippen LogP contribution in [0.15, 0.2) is 72.1 Å². The first-order chi connectivity index (χ1) is 15.5. The first-order valence-electron chi connectivity index (χ1n) is 10.1. The normalized spacial score (nSPS) is 10.8. The molecule has 0 saturated heterocycles. The molecule has 0 spiro atoms. The first kappa shape index (κ1) is 22.0. The summed E-state index contributed by atoms with van der Waals surface area (Å²) in [4.78, 5) is 16.5. The van der Waals surface area contributed by atoms with Crippen LogP contribution in [-0.4, -0.2) is 31.4 Å². The third-order valence-electron chi connectivity index (χ3n) is 4.99. The summed E-state index contributed by atoms with van der Waals surface area (Å²) in [6.45, 7) is 4.17. The molecular weight excluding hydrogens is 442 g/mol. The van der Waals surface area contributed by atoms with Gasteiger partial charge in [0.05, 0.1) is 5.69 Å². The van der Waals surface area contributed by atoms with Gasteiger partial charge in [0.2, 0.25) is 5.91 Å². The number of nitrogens with zero attached hydrogens (tertiary/aromatic N) is 4. The van der Waals surface area contributed by atoms with Crippen molar-refractivity contribution in [3.05, 3.63) is 83.1 Å². The largest absolute Gasteiger partial charge is 0.326 e. The van der Waals surface area contributed by atoms with E-state index in [0.29, 0.717) is 22.9 Å². The maximum Gasteiger partial charge on any atom is 0.225 e. The standard InChI is InChI=1S/C24H22ClN5OS/c1-16-6-7-21(14-17(16)2)30-23(18-8-11-26-12-9-18)28-29-24(30)32-13-10-22(31)27-20-5-3-4-19(25)15-20/h3-9,11-12,14-15H,10,13H2,1-2H3,(H,27,31). The molecule has 1 amide bonds. The SMILES string of the molecule is Cc1ccc(-n2c(SCCC(=O)Nc3cccc(Cl)c3)nnc2-c2ccncc2)cc1C. The molecule has 8 heteroatoms. The molecule has 162 valence electrons. The summed E-state index contributed by atoms with van der Waals surface area (Å²) in [5.41, 5.74) is 5.01. The molecule has 0 fully saturated rings.